The van der Waals surface area contributed by atoms with Crippen molar-refractivity contribution in [2.24, 2.45) is 5.73 Å². The van der Waals surface area contributed by atoms with Crippen LogP contribution in [-0.2, 0) is 0 Å². The van der Waals surface area contributed by atoms with Gasteiger partial charge < -0.3 is 16.0 Å². The summed E-state index contributed by atoms with van der Waals surface area (Å²) in [6.45, 7) is 10.8. The first-order chi connectivity index (χ1) is 10.8. The first-order valence-electron chi connectivity index (χ1n) is 8.74. The van der Waals surface area contributed by atoms with Crippen molar-refractivity contribution in [3.63, 3.8) is 0 Å². The molecule has 128 valence electrons. The van der Waals surface area contributed by atoms with Gasteiger partial charge in [0.15, 0.2) is 5.82 Å². The molecular formula is C16H34N6. The van der Waals surface area contributed by atoms with Gasteiger partial charge in [-0.1, -0.05) is 13.8 Å². The van der Waals surface area contributed by atoms with Crippen molar-refractivity contribution in [1.82, 2.24) is 25.4 Å². The molecule has 22 heavy (non-hydrogen) atoms. The lowest BCUT2D eigenvalue weighted by Crippen LogP contribution is -2.46. The SMILES string of the molecule is CC.CN.Cc1nc(C2CCN(C3CCNCC3)CC2)n[nH]1. The number of aromatic amines is 1. The van der Waals surface area contributed by atoms with Gasteiger partial charge in [-0.05, 0) is 65.8 Å². The molecule has 2 aliphatic heterocycles. The summed E-state index contributed by atoms with van der Waals surface area (Å²) in [4.78, 5) is 7.15. The zero-order valence-corrected chi connectivity index (χ0v) is 14.7. The number of piperidine rings is 2. The Hall–Kier alpha value is -0.980. The second-order valence-corrected chi connectivity index (χ2v) is 5.57. The highest BCUT2D eigenvalue weighted by molar-refractivity contribution is 4.99. The average molecular weight is 310 g/mol. The Morgan fingerprint density at radius 3 is 2.14 bits per heavy atom. The van der Waals surface area contributed by atoms with Crippen molar-refractivity contribution in [3.05, 3.63) is 11.6 Å². The molecule has 0 aromatic carbocycles. The Morgan fingerprint density at radius 1 is 1.05 bits per heavy atom. The predicted molar refractivity (Wildman–Crippen MR) is 92.0 cm³/mol. The molecule has 1 aromatic heterocycles. The smallest absolute Gasteiger partial charge is 0.153 e. The van der Waals surface area contributed by atoms with Gasteiger partial charge in [0.1, 0.15) is 5.82 Å². The second kappa shape index (κ2) is 10.7. The Bertz CT molecular complexity index is 378. The molecule has 1 aromatic rings. The lowest BCUT2D eigenvalue weighted by molar-refractivity contribution is 0.125. The summed E-state index contributed by atoms with van der Waals surface area (Å²) in [5.74, 6) is 2.52. The van der Waals surface area contributed by atoms with E-state index in [1.807, 2.05) is 20.8 Å². The summed E-state index contributed by atoms with van der Waals surface area (Å²) in [6.07, 6.45) is 5.04. The molecule has 6 heteroatoms. The van der Waals surface area contributed by atoms with Crippen LogP contribution in [-0.4, -0.2) is 59.3 Å². The maximum absolute atomic E-state index is 4.50. The monoisotopic (exact) mass is 310 g/mol. The summed E-state index contributed by atoms with van der Waals surface area (Å²) in [5, 5.41) is 10.7. The summed E-state index contributed by atoms with van der Waals surface area (Å²) in [7, 11) is 1.50. The highest BCUT2D eigenvalue weighted by Gasteiger charge is 2.28. The number of aromatic nitrogens is 3. The van der Waals surface area contributed by atoms with Crippen LogP contribution in [0.2, 0.25) is 0 Å². The van der Waals surface area contributed by atoms with Gasteiger partial charge in [-0.25, -0.2) is 4.98 Å². The third-order valence-electron chi connectivity index (χ3n) is 4.33. The number of nitrogens with one attached hydrogen (secondary N) is 2. The molecule has 2 aliphatic rings. The summed E-state index contributed by atoms with van der Waals surface area (Å²) < 4.78 is 0. The van der Waals surface area contributed by atoms with E-state index in [9.17, 15) is 0 Å². The van der Waals surface area contributed by atoms with Gasteiger partial charge in [-0.15, -0.1) is 0 Å². The minimum absolute atomic E-state index is 0.563. The van der Waals surface area contributed by atoms with E-state index in [-0.39, 0.29) is 0 Å². The van der Waals surface area contributed by atoms with Gasteiger partial charge in [0.05, 0.1) is 0 Å². The van der Waals surface area contributed by atoms with Gasteiger partial charge in [0.2, 0.25) is 0 Å². The Labute approximate surface area is 135 Å². The maximum atomic E-state index is 4.50. The topological polar surface area (TPSA) is 82.9 Å². The number of H-pyrrole nitrogens is 1. The molecule has 6 nitrogen and oxygen atoms in total. The van der Waals surface area contributed by atoms with Crippen molar-refractivity contribution in [2.45, 2.75) is 58.4 Å². The molecule has 2 fully saturated rings. The minimum atomic E-state index is 0.563. The van der Waals surface area contributed by atoms with E-state index in [1.54, 1.807) is 0 Å². The van der Waals surface area contributed by atoms with Crippen LogP contribution in [0.1, 0.15) is 57.1 Å². The van der Waals surface area contributed by atoms with Gasteiger partial charge in [0, 0.05) is 12.0 Å². The first-order valence-corrected chi connectivity index (χ1v) is 8.74. The van der Waals surface area contributed by atoms with E-state index < -0.39 is 0 Å². The Balaban J connectivity index is 0.000000561. The maximum Gasteiger partial charge on any atom is 0.153 e. The summed E-state index contributed by atoms with van der Waals surface area (Å²) >= 11 is 0. The number of likely N-dealkylation sites (tertiary alicyclic amines) is 1. The Kier molecular flexibility index (Phi) is 9.27. The van der Waals surface area contributed by atoms with E-state index in [2.05, 4.69) is 31.1 Å². The van der Waals surface area contributed by atoms with Crippen molar-refractivity contribution < 1.29 is 0 Å². The van der Waals surface area contributed by atoms with Gasteiger partial charge in [-0.2, -0.15) is 5.10 Å². The fourth-order valence-corrected chi connectivity index (χ4v) is 3.24. The molecule has 0 spiro atoms. The van der Waals surface area contributed by atoms with Crippen LogP contribution in [0.15, 0.2) is 0 Å². The fraction of sp³-hybridized carbons (Fsp3) is 0.875. The van der Waals surface area contributed by atoms with Gasteiger partial charge in [0.25, 0.3) is 0 Å². The Morgan fingerprint density at radius 2 is 1.64 bits per heavy atom. The van der Waals surface area contributed by atoms with Crippen molar-refractivity contribution in [2.75, 3.05) is 33.2 Å². The van der Waals surface area contributed by atoms with Crippen molar-refractivity contribution >= 4 is 0 Å². The number of hydrogen-bond donors (Lipinski definition) is 3. The molecule has 3 heterocycles. The summed E-state index contributed by atoms with van der Waals surface area (Å²) in [5.41, 5.74) is 4.50. The van der Waals surface area contributed by atoms with E-state index in [1.165, 1.54) is 58.9 Å². The van der Waals surface area contributed by atoms with Crippen LogP contribution < -0.4 is 11.1 Å². The van der Waals surface area contributed by atoms with Gasteiger partial charge >= 0.3 is 0 Å². The van der Waals surface area contributed by atoms with E-state index in [4.69, 9.17) is 0 Å². The standard InChI is InChI=1S/C13H23N5.C2H6.CH5N/c1-10-15-13(17-16-10)11-4-8-18(9-5-11)12-2-6-14-7-3-12;2*1-2/h11-12,14H,2-9H2,1H3,(H,15,16,17);1-2H3;2H2,1H3. The highest BCUT2D eigenvalue weighted by atomic mass is 15.2. The lowest BCUT2D eigenvalue weighted by atomic mass is 9.93. The largest absolute Gasteiger partial charge is 0.333 e. The lowest BCUT2D eigenvalue weighted by Gasteiger charge is -2.38. The van der Waals surface area contributed by atoms with Gasteiger partial charge in [-0.3, -0.25) is 5.10 Å². The number of nitrogens with two attached hydrogens (primary N) is 1. The number of nitrogens with zero attached hydrogens (tertiary/aromatic N) is 3. The third-order valence-corrected chi connectivity index (χ3v) is 4.33. The van der Waals surface area contributed by atoms with Crippen LogP contribution >= 0.6 is 0 Å². The van der Waals surface area contributed by atoms with Crippen molar-refractivity contribution in [1.29, 1.82) is 0 Å². The highest BCUT2D eigenvalue weighted by Crippen LogP contribution is 2.27. The van der Waals surface area contributed by atoms with E-state index >= 15 is 0 Å². The molecule has 0 unspecified atom stereocenters. The quantitative estimate of drug-likeness (QED) is 0.773. The first kappa shape index (κ1) is 19.1. The molecule has 0 atom stereocenters. The van der Waals surface area contributed by atoms with Crippen LogP contribution in [0.25, 0.3) is 0 Å². The number of rotatable bonds is 2. The molecule has 4 N–H and O–H groups in total. The van der Waals surface area contributed by atoms with Crippen LogP contribution in [0.4, 0.5) is 0 Å². The molecule has 3 rings (SSSR count). The third kappa shape index (κ3) is 5.34. The molecular weight excluding hydrogens is 276 g/mol. The fourth-order valence-electron chi connectivity index (χ4n) is 3.24. The minimum Gasteiger partial charge on any atom is -0.333 e. The molecule has 0 bridgehead atoms. The predicted octanol–water partition coefficient (Wildman–Crippen LogP) is 1.65. The van der Waals surface area contributed by atoms with Crippen LogP contribution in [0, 0.1) is 6.92 Å². The average Bonchev–Trinajstić information content (AvgIpc) is 3.06. The molecule has 0 aliphatic carbocycles. The number of hydrogen-bond acceptors (Lipinski definition) is 5. The van der Waals surface area contributed by atoms with E-state index in [0.29, 0.717) is 5.92 Å². The van der Waals surface area contributed by atoms with Crippen LogP contribution in [0.5, 0.6) is 0 Å². The normalized spacial score (nSPS) is 20.6. The summed E-state index contributed by atoms with van der Waals surface area (Å²) in [6, 6.07) is 0.807. The van der Waals surface area contributed by atoms with E-state index in [0.717, 1.165) is 17.7 Å². The van der Waals surface area contributed by atoms with Crippen molar-refractivity contribution in [3.8, 4) is 0 Å². The zero-order valence-electron chi connectivity index (χ0n) is 14.7. The number of aryl methyl sites for hydroxylation is 1. The molecule has 0 radical (unpaired) electrons. The second-order valence-electron chi connectivity index (χ2n) is 5.57. The molecule has 0 amide bonds. The van der Waals surface area contributed by atoms with Crippen LogP contribution in [0.3, 0.4) is 0 Å². The molecule has 2 saturated heterocycles. The molecule has 0 saturated carbocycles. The zero-order chi connectivity index (χ0) is 16.4.